The Morgan fingerprint density at radius 3 is 2.90 bits per heavy atom. The molecule has 1 aromatic carbocycles. The second-order valence-corrected chi connectivity index (χ2v) is 6.34. The molecular weight excluding hydrogens is 390 g/mol. The van der Waals surface area contributed by atoms with E-state index in [9.17, 15) is 4.79 Å². The molecule has 110 valence electrons. The fraction of sp³-hybridized carbons (Fsp3) is 0.500. The number of nitrogens with zero attached hydrogens (tertiary/aromatic N) is 1. The van der Waals surface area contributed by atoms with Crippen molar-refractivity contribution < 1.29 is 14.3 Å². The van der Waals surface area contributed by atoms with Gasteiger partial charge in [-0.3, -0.25) is 4.79 Å². The van der Waals surface area contributed by atoms with Gasteiger partial charge in [0, 0.05) is 22.9 Å². The van der Waals surface area contributed by atoms with Crippen molar-refractivity contribution in [3.05, 3.63) is 28.2 Å². The number of rotatable bonds is 3. The number of carbonyl (C=O) groups is 1. The first-order chi connectivity index (χ1) is 9.55. The Balaban J connectivity index is 2.22. The molecule has 0 N–H and O–H groups in total. The molecule has 1 aromatic rings. The third-order valence-electron chi connectivity index (χ3n) is 3.18. The zero-order valence-corrected chi connectivity index (χ0v) is 14.6. The molecule has 1 saturated heterocycles. The van der Waals surface area contributed by atoms with E-state index in [0.29, 0.717) is 24.4 Å². The molecule has 0 aliphatic carbocycles. The van der Waals surface area contributed by atoms with Gasteiger partial charge in [-0.1, -0.05) is 31.9 Å². The first-order valence-corrected chi connectivity index (χ1v) is 8.30. The third-order valence-corrected chi connectivity index (χ3v) is 4.39. The number of ether oxygens (including phenoxy) is 2. The van der Waals surface area contributed by atoms with Gasteiger partial charge in [-0.05, 0) is 25.1 Å². The molecule has 0 aromatic heterocycles. The molecule has 0 radical (unpaired) electrons. The van der Waals surface area contributed by atoms with Crippen molar-refractivity contribution in [1.82, 2.24) is 4.90 Å². The molecule has 1 aliphatic heterocycles. The molecule has 6 heteroatoms. The maximum atomic E-state index is 12.7. The molecule has 0 spiro atoms. The number of amides is 1. The topological polar surface area (TPSA) is 38.8 Å². The normalized spacial score (nSPS) is 22.7. The van der Waals surface area contributed by atoms with Gasteiger partial charge in [-0.25, -0.2) is 0 Å². The number of hydrogen-bond donors (Lipinski definition) is 0. The highest BCUT2D eigenvalue weighted by Gasteiger charge is 2.29. The van der Waals surface area contributed by atoms with Gasteiger partial charge in [0.25, 0.3) is 5.91 Å². The summed E-state index contributed by atoms with van der Waals surface area (Å²) in [5.74, 6) is 0.564. The quantitative estimate of drug-likeness (QED) is 0.724. The van der Waals surface area contributed by atoms with E-state index in [1.54, 1.807) is 19.2 Å². The first-order valence-electron chi connectivity index (χ1n) is 6.39. The van der Waals surface area contributed by atoms with Gasteiger partial charge in [-0.15, -0.1) is 0 Å². The minimum Gasteiger partial charge on any atom is -0.496 e. The van der Waals surface area contributed by atoms with Gasteiger partial charge in [0.05, 0.1) is 24.9 Å². The van der Waals surface area contributed by atoms with Gasteiger partial charge in [0.15, 0.2) is 0 Å². The minimum absolute atomic E-state index is 0.0181. The molecule has 2 rings (SSSR count). The average molecular weight is 407 g/mol. The number of methoxy groups -OCH3 is 1. The van der Waals surface area contributed by atoms with Crippen molar-refractivity contribution in [2.75, 3.05) is 25.5 Å². The molecule has 0 saturated carbocycles. The molecule has 1 fully saturated rings. The van der Waals surface area contributed by atoms with Crippen LogP contribution >= 0.6 is 31.9 Å². The number of alkyl halides is 1. The fourth-order valence-electron chi connectivity index (χ4n) is 2.31. The molecule has 1 amide bonds. The van der Waals surface area contributed by atoms with Crippen LogP contribution in [0.3, 0.4) is 0 Å². The number of carbonyl (C=O) groups excluding carboxylic acids is 1. The molecule has 20 heavy (non-hydrogen) atoms. The Bertz CT molecular complexity index is 495. The van der Waals surface area contributed by atoms with E-state index in [0.717, 1.165) is 9.80 Å². The Hall–Kier alpha value is -0.590. The summed E-state index contributed by atoms with van der Waals surface area (Å²) in [7, 11) is 1.57. The minimum atomic E-state index is -0.0181. The SMILES string of the molecule is COc1cc(Br)ccc1C(=O)N1CC(C)OC(CBr)C1. The predicted octanol–water partition coefficient (Wildman–Crippen LogP) is 3.08. The van der Waals surface area contributed by atoms with Crippen molar-refractivity contribution >= 4 is 37.8 Å². The van der Waals surface area contributed by atoms with Crippen LogP contribution in [0.15, 0.2) is 22.7 Å². The van der Waals surface area contributed by atoms with Crippen molar-refractivity contribution in [2.24, 2.45) is 0 Å². The van der Waals surface area contributed by atoms with E-state index in [1.807, 2.05) is 17.9 Å². The van der Waals surface area contributed by atoms with Crippen LogP contribution < -0.4 is 4.74 Å². The largest absolute Gasteiger partial charge is 0.496 e. The Morgan fingerprint density at radius 2 is 2.25 bits per heavy atom. The highest BCUT2D eigenvalue weighted by molar-refractivity contribution is 9.10. The van der Waals surface area contributed by atoms with E-state index < -0.39 is 0 Å². The number of benzene rings is 1. The van der Waals surface area contributed by atoms with Gasteiger partial charge in [-0.2, -0.15) is 0 Å². The van der Waals surface area contributed by atoms with Crippen LogP contribution in [0.4, 0.5) is 0 Å². The van der Waals surface area contributed by atoms with Gasteiger partial charge in [0.2, 0.25) is 0 Å². The summed E-state index contributed by atoms with van der Waals surface area (Å²) in [6, 6.07) is 5.44. The maximum absolute atomic E-state index is 12.7. The second kappa shape index (κ2) is 6.91. The van der Waals surface area contributed by atoms with Gasteiger partial charge < -0.3 is 14.4 Å². The third kappa shape index (κ3) is 3.54. The van der Waals surface area contributed by atoms with Crippen LogP contribution in [0.5, 0.6) is 5.75 Å². The molecule has 4 nitrogen and oxygen atoms in total. The molecule has 1 heterocycles. The maximum Gasteiger partial charge on any atom is 0.257 e. The summed E-state index contributed by atoms with van der Waals surface area (Å²) in [6.45, 7) is 3.17. The lowest BCUT2D eigenvalue weighted by Crippen LogP contribution is -2.49. The summed E-state index contributed by atoms with van der Waals surface area (Å²) >= 11 is 6.80. The van der Waals surface area contributed by atoms with Gasteiger partial charge >= 0.3 is 0 Å². The monoisotopic (exact) mass is 405 g/mol. The number of halogens is 2. The van der Waals surface area contributed by atoms with E-state index in [1.165, 1.54) is 0 Å². The second-order valence-electron chi connectivity index (χ2n) is 4.78. The highest BCUT2D eigenvalue weighted by Crippen LogP contribution is 2.26. The van der Waals surface area contributed by atoms with E-state index >= 15 is 0 Å². The Labute approximate surface area is 135 Å². The Kier molecular flexibility index (Phi) is 5.46. The summed E-state index contributed by atoms with van der Waals surface area (Å²) in [4.78, 5) is 14.5. The van der Waals surface area contributed by atoms with Crippen molar-refractivity contribution in [3.8, 4) is 5.75 Å². The van der Waals surface area contributed by atoms with Crippen LogP contribution in [0.2, 0.25) is 0 Å². The molecular formula is C14H17Br2NO3. The molecule has 0 bridgehead atoms. The van der Waals surface area contributed by atoms with Crippen LogP contribution in [0.1, 0.15) is 17.3 Å². The highest BCUT2D eigenvalue weighted by atomic mass is 79.9. The fourth-order valence-corrected chi connectivity index (χ4v) is 3.01. The summed E-state index contributed by atoms with van der Waals surface area (Å²) < 4.78 is 11.9. The number of morpholine rings is 1. The summed E-state index contributed by atoms with van der Waals surface area (Å²) in [6.07, 6.45) is 0.0702. The van der Waals surface area contributed by atoms with Gasteiger partial charge in [0.1, 0.15) is 5.75 Å². The zero-order valence-electron chi connectivity index (χ0n) is 11.4. The summed E-state index contributed by atoms with van der Waals surface area (Å²) in [5, 5.41) is 0.721. The average Bonchev–Trinajstić information content (AvgIpc) is 2.45. The summed E-state index contributed by atoms with van der Waals surface area (Å²) in [5.41, 5.74) is 0.582. The first kappa shape index (κ1) is 15.8. The smallest absolute Gasteiger partial charge is 0.257 e. The van der Waals surface area contributed by atoms with Crippen molar-refractivity contribution in [3.63, 3.8) is 0 Å². The van der Waals surface area contributed by atoms with Crippen LogP contribution in [0, 0.1) is 0 Å². The van der Waals surface area contributed by atoms with Crippen LogP contribution in [-0.2, 0) is 4.74 Å². The van der Waals surface area contributed by atoms with E-state index in [2.05, 4.69) is 31.9 Å². The molecule has 2 atom stereocenters. The lowest BCUT2D eigenvalue weighted by molar-refractivity contribution is -0.0560. The van der Waals surface area contributed by atoms with Crippen LogP contribution in [0.25, 0.3) is 0 Å². The predicted molar refractivity (Wildman–Crippen MR) is 84.7 cm³/mol. The Morgan fingerprint density at radius 1 is 1.50 bits per heavy atom. The van der Waals surface area contributed by atoms with Crippen molar-refractivity contribution in [1.29, 1.82) is 0 Å². The lowest BCUT2D eigenvalue weighted by atomic mass is 10.1. The standard InChI is InChI=1S/C14H17Br2NO3/c1-9-7-17(8-11(6-15)20-9)14(18)12-4-3-10(16)5-13(12)19-2/h3-5,9,11H,6-8H2,1-2H3. The lowest BCUT2D eigenvalue weighted by Gasteiger charge is -2.36. The zero-order chi connectivity index (χ0) is 14.7. The number of hydrogen-bond acceptors (Lipinski definition) is 3. The molecule has 1 aliphatic rings. The molecule has 2 unspecified atom stereocenters. The van der Waals surface area contributed by atoms with Crippen LogP contribution in [-0.4, -0.2) is 48.5 Å². The van der Waals surface area contributed by atoms with Crippen molar-refractivity contribution in [2.45, 2.75) is 19.1 Å². The van der Waals surface area contributed by atoms with E-state index in [-0.39, 0.29) is 18.1 Å². The van der Waals surface area contributed by atoms with E-state index in [4.69, 9.17) is 9.47 Å².